The third-order valence-corrected chi connectivity index (χ3v) is 3.32. The van der Waals surface area contributed by atoms with Crippen LogP contribution < -0.4 is 5.32 Å². The van der Waals surface area contributed by atoms with Gasteiger partial charge in [-0.25, -0.2) is 4.79 Å². The van der Waals surface area contributed by atoms with E-state index < -0.39 is 11.9 Å². The van der Waals surface area contributed by atoms with Crippen LogP contribution in [0.25, 0.3) is 0 Å². The van der Waals surface area contributed by atoms with Crippen LogP contribution in [0, 0.1) is 6.92 Å². The molecule has 0 aliphatic heterocycles. The summed E-state index contributed by atoms with van der Waals surface area (Å²) in [6.45, 7) is 1.26. The number of ether oxygens (including phenoxy) is 1. The van der Waals surface area contributed by atoms with E-state index in [0.29, 0.717) is 21.3 Å². The third-order valence-electron chi connectivity index (χ3n) is 2.28. The molecule has 1 aromatic heterocycles. The Balaban J connectivity index is 1.87. The second-order valence-electron chi connectivity index (χ2n) is 3.82. The Kier molecular flexibility index (Phi) is 4.65. The van der Waals surface area contributed by atoms with E-state index in [1.54, 1.807) is 31.2 Å². The number of aryl methyl sites for hydroxylation is 1. The van der Waals surface area contributed by atoms with E-state index in [2.05, 4.69) is 14.9 Å². The lowest BCUT2D eigenvalue weighted by atomic mass is 10.3. The zero-order chi connectivity index (χ0) is 14.5. The monoisotopic (exact) mass is 311 g/mol. The van der Waals surface area contributed by atoms with Gasteiger partial charge in [0.15, 0.2) is 11.5 Å². The summed E-state index contributed by atoms with van der Waals surface area (Å²) in [5, 5.41) is 6.77. The zero-order valence-electron chi connectivity index (χ0n) is 10.4. The number of hydrogen-bond donors (Lipinski definition) is 1. The second-order valence-corrected chi connectivity index (χ2v) is 5.01. The van der Waals surface area contributed by atoms with Crippen molar-refractivity contribution < 1.29 is 14.3 Å². The molecule has 20 heavy (non-hydrogen) atoms. The standard InChI is InChI=1S/C12H10ClN3O3S/c1-7-11(20-16-15-7)12(18)19-6-10(17)14-9-4-2-3-8(13)5-9/h2-5H,6H2,1H3,(H,14,17). The maximum absolute atomic E-state index is 11.6. The molecular formula is C12H10ClN3O3S. The van der Waals surface area contributed by atoms with Crippen LogP contribution in [-0.2, 0) is 9.53 Å². The summed E-state index contributed by atoms with van der Waals surface area (Å²) in [6, 6.07) is 6.68. The average molecular weight is 312 g/mol. The molecule has 1 heterocycles. The SMILES string of the molecule is Cc1nnsc1C(=O)OCC(=O)Nc1cccc(Cl)c1. The Bertz CT molecular complexity index is 644. The van der Waals surface area contributed by atoms with Gasteiger partial charge >= 0.3 is 5.97 Å². The highest BCUT2D eigenvalue weighted by molar-refractivity contribution is 7.07. The molecule has 0 unspecified atom stereocenters. The van der Waals surface area contributed by atoms with Gasteiger partial charge in [-0.05, 0) is 36.7 Å². The molecule has 1 aromatic carbocycles. The molecule has 0 saturated carbocycles. The molecule has 0 aliphatic carbocycles. The minimum atomic E-state index is -0.612. The molecular weight excluding hydrogens is 302 g/mol. The topological polar surface area (TPSA) is 81.2 Å². The van der Waals surface area contributed by atoms with Crippen molar-refractivity contribution in [2.75, 3.05) is 11.9 Å². The molecule has 1 amide bonds. The highest BCUT2D eigenvalue weighted by atomic mass is 35.5. The maximum atomic E-state index is 11.6. The molecule has 8 heteroatoms. The summed E-state index contributed by atoms with van der Waals surface area (Å²) >= 11 is 6.72. The van der Waals surface area contributed by atoms with Crippen LogP contribution in [0.1, 0.15) is 15.4 Å². The number of benzene rings is 1. The summed E-state index contributed by atoms with van der Waals surface area (Å²) in [4.78, 5) is 23.6. The number of aromatic nitrogens is 2. The maximum Gasteiger partial charge on any atom is 0.352 e. The van der Waals surface area contributed by atoms with Gasteiger partial charge in [-0.2, -0.15) is 0 Å². The first-order valence-electron chi connectivity index (χ1n) is 5.58. The van der Waals surface area contributed by atoms with Crippen molar-refractivity contribution in [1.29, 1.82) is 0 Å². The number of esters is 1. The highest BCUT2D eigenvalue weighted by Gasteiger charge is 2.16. The zero-order valence-corrected chi connectivity index (χ0v) is 12.0. The van der Waals surface area contributed by atoms with Crippen LogP contribution in [0.3, 0.4) is 0 Å². The summed E-state index contributed by atoms with van der Waals surface area (Å²) in [7, 11) is 0. The van der Waals surface area contributed by atoms with Crippen molar-refractivity contribution >= 4 is 40.7 Å². The van der Waals surface area contributed by atoms with E-state index in [1.165, 1.54) is 0 Å². The van der Waals surface area contributed by atoms with Gasteiger partial charge in [0, 0.05) is 10.7 Å². The largest absolute Gasteiger partial charge is 0.451 e. The van der Waals surface area contributed by atoms with Crippen LogP contribution in [0.4, 0.5) is 5.69 Å². The number of nitrogens with zero attached hydrogens (tertiary/aromatic N) is 2. The summed E-state index contributed by atoms with van der Waals surface area (Å²) < 4.78 is 8.50. The summed E-state index contributed by atoms with van der Waals surface area (Å²) in [5.41, 5.74) is 1.02. The van der Waals surface area contributed by atoms with Gasteiger partial charge in [-0.3, -0.25) is 4.79 Å². The molecule has 2 rings (SSSR count). The quantitative estimate of drug-likeness (QED) is 0.876. The molecule has 1 N–H and O–H groups in total. The van der Waals surface area contributed by atoms with E-state index >= 15 is 0 Å². The fourth-order valence-electron chi connectivity index (χ4n) is 1.38. The first-order chi connectivity index (χ1) is 9.56. The van der Waals surface area contributed by atoms with Gasteiger partial charge in [0.1, 0.15) is 0 Å². The lowest BCUT2D eigenvalue weighted by Gasteiger charge is -2.06. The van der Waals surface area contributed by atoms with E-state index in [1.807, 2.05) is 0 Å². The molecule has 0 aliphatic rings. The molecule has 0 radical (unpaired) electrons. The Hall–Kier alpha value is -1.99. The molecule has 6 nitrogen and oxygen atoms in total. The molecule has 2 aromatic rings. The number of amides is 1. The van der Waals surface area contributed by atoms with Crippen LogP contribution in [0.5, 0.6) is 0 Å². The van der Waals surface area contributed by atoms with Crippen molar-refractivity contribution in [3.63, 3.8) is 0 Å². The number of carbonyl (C=O) groups excluding carboxylic acids is 2. The van der Waals surface area contributed by atoms with Crippen molar-refractivity contribution in [2.24, 2.45) is 0 Å². The Morgan fingerprint density at radius 3 is 2.90 bits per heavy atom. The number of nitrogens with one attached hydrogen (secondary N) is 1. The lowest BCUT2D eigenvalue weighted by molar-refractivity contribution is -0.119. The number of rotatable bonds is 4. The van der Waals surface area contributed by atoms with Crippen molar-refractivity contribution in [2.45, 2.75) is 6.92 Å². The highest BCUT2D eigenvalue weighted by Crippen LogP contribution is 2.15. The fraction of sp³-hybridized carbons (Fsp3) is 0.167. The number of carbonyl (C=O) groups is 2. The number of hydrogen-bond acceptors (Lipinski definition) is 6. The summed E-state index contributed by atoms with van der Waals surface area (Å²) in [5.74, 6) is -1.06. The van der Waals surface area contributed by atoms with Crippen LogP contribution in [0.2, 0.25) is 5.02 Å². The van der Waals surface area contributed by atoms with E-state index in [4.69, 9.17) is 16.3 Å². The predicted octanol–water partition coefficient (Wildman–Crippen LogP) is 2.30. The Labute approximate surface area is 123 Å². The van der Waals surface area contributed by atoms with Gasteiger partial charge in [0.25, 0.3) is 5.91 Å². The minimum absolute atomic E-state index is 0.292. The Morgan fingerprint density at radius 1 is 1.45 bits per heavy atom. The van der Waals surface area contributed by atoms with Crippen molar-refractivity contribution in [3.05, 3.63) is 39.9 Å². The normalized spacial score (nSPS) is 10.1. The first kappa shape index (κ1) is 14.4. The third kappa shape index (κ3) is 3.75. The van der Waals surface area contributed by atoms with Crippen LogP contribution in [-0.4, -0.2) is 28.1 Å². The van der Waals surface area contributed by atoms with E-state index in [0.717, 1.165) is 11.5 Å². The second kappa shape index (κ2) is 6.44. The van der Waals surface area contributed by atoms with Gasteiger partial charge in [0.05, 0.1) is 5.69 Å². The van der Waals surface area contributed by atoms with Crippen molar-refractivity contribution in [1.82, 2.24) is 9.59 Å². The smallest absolute Gasteiger partial charge is 0.352 e. The minimum Gasteiger partial charge on any atom is -0.451 e. The fourth-order valence-corrected chi connectivity index (χ4v) is 2.12. The van der Waals surface area contributed by atoms with E-state index in [9.17, 15) is 9.59 Å². The molecule has 104 valence electrons. The number of anilines is 1. The molecule has 0 atom stereocenters. The van der Waals surface area contributed by atoms with Crippen molar-refractivity contribution in [3.8, 4) is 0 Å². The predicted molar refractivity (Wildman–Crippen MR) is 75.0 cm³/mol. The first-order valence-corrected chi connectivity index (χ1v) is 6.73. The van der Waals surface area contributed by atoms with E-state index in [-0.39, 0.29) is 6.61 Å². The molecule has 0 saturated heterocycles. The molecule has 0 spiro atoms. The van der Waals surface area contributed by atoms with Gasteiger partial charge in [-0.1, -0.05) is 22.2 Å². The summed E-state index contributed by atoms with van der Waals surface area (Å²) in [6.07, 6.45) is 0. The number of halogens is 1. The van der Waals surface area contributed by atoms with Crippen LogP contribution >= 0.6 is 23.1 Å². The Morgan fingerprint density at radius 2 is 2.25 bits per heavy atom. The average Bonchev–Trinajstić information content (AvgIpc) is 2.82. The van der Waals surface area contributed by atoms with Gasteiger partial charge < -0.3 is 10.1 Å². The lowest BCUT2D eigenvalue weighted by Crippen LogP contribution is -2.20. The molecule has 0 fully saturated rings. The van der Waals surface area contributed by atoms with Crippen LogP contribution in [0.15, 0.2) is 24.3 Å². The van der Waals surface area contributed by atoms with Gasteiger partial charge in [0.2, 0.25) is 0 Å². The molecule has 0 bridgehead atoms. The van der Waals surface area contributed by atoms with Gasteiger partial charge in [-0.15, -0.1) is 5.10 Å².